The molecule has 2 heterocycles. The van der Waals surface area contributed by atoms with E-state index in [1.54, 1.807) is 0 Å². The van der Waals surface area contributed by atoms with Crippen molar-refractivity contribution in [3.05, 3.63) is 228 Å². The molecule has 55 heavy (non-hydrogen) atoms. The summed E-state index contributed by atoms with van der Waals surface area (Å²) < 4.78 is 0. The molecule has 0 unspecified atom stereocenters. The van der Waals surface area contributed by atoms with Gasteiger partial charge in [0.1, 0.15) is 0 Å². The van der Waals surface area contributed by atoms with Crippen molar-refractivity contribution in [3.63, 3.8) is 0 Å². The topological polar surface area (TPSA) is 61.7 Å². The number of hydrogen-bond donors (Lipinski definition) is 2. The fourth-order valence-electron chi connectivity index (χ4n) is 7.22. The Morgan fingerprint density at radius 1 is 0.436 bits per heavy atom. The normalized spacial score (nSPS) is 12.9. The predicted octanol–water partition coefficient (Wildman–Crippen LogP) is 12.2. The van der Waals surface area contributed by atoms with Crippen molar-refractivity contribution >= 4 is 28.8 Å². The Morgan fingerprint density at radius 3 is 1.53 bits per heavy atom. The van der Waals surface area contributed by atoms with Crippen molar-refractivity contribution < 1.29 is 0 Å². The molecule has 4 heteroatoms. The van der Waals surface area contributed by atoms with E-state index >= 15 is 0 Å². The summed E-state index contributed by atoms with van der Waals surface area (Å²) in [6.45, 7) is 0. The highest BCUT2D eigenvalue weighted by Crippen LogP contribution is 2.41. The van der Waals surface area contributed by atoms with E-state index in [4.69, 9.17) is 9.97 Å². The molecule has 1 aliphatic rings. The monoisotopic (exact) mass is 704 g/mol. The van der Waals surface area contributed by atoms with E-state index in [2.05, 4.69) is 108 Å². The molecule has 260 valence electrons. The molecule has 0 aliphatic carbocycles. The molecule has 8 aromatic rings. The van der Waals surface area contributed by atoms with Gasteiger partial charge in [0.05, 0.1) is 22.8 Å². The summed E-state index contributed by atoms with van der Waals surface area (Å²) in [5, 5.41) is 13.5. The second-order valence-corrected chi connectivity index (χ2v) is 13.4. The third-order valence-corrected chi connectivity index (χ3v) is 9.94. The van der Waals surface area contributed by atoms with E-state index in [9.17, 15) is 5.41 Å². The molecular formula is C51H36N4. The van der Waals surface area contributed by atoms with Crippen LogP contribution in [0.3, 0.4) is 0 Å². The van der Waals surface area contributed by atoms with Crippen LogP contribution in [0.1, 0.15) is 27.8 Å². The van der Waals surface area contributed by atoms with E-state index in [1.807, 2.05) is 103 Å². The maximum atomic E-state index is 9.70. The molecule has 0 saturated carbocycles. The van der Waals surface area contributed by atoms with E-state index in [0.717, 1.165) is 84.0 Å². The average molecular weight is 705 g/mol. The fraction of sp³-hybridized carbons (Fsp3) is 0. The number of rotatable bonds is 8. The Kier molecular flexibility index (Phi) is 9.05. The number of fused-ring (bicyclic) bond motifs is 1. The Hall–Kier alpha value is -7.43. The summed E-state index contributed by atoms with van der Waals surface area (Å²) in [5.41, 5.74) is 15.1. The molecule has 1 aliphatic heterocycles. The molecule has 1 aromatic heterocycles. The molecular weight excluding hydrogens is 669 g/mol. The molecule has 0 radical (unpaired) electrons. The zero-order chi connectivity index (χ0) is 37.0. The number of allylic oxidation sites excluding steroid dienone is 1. The lowest BCUT2D eigenvalue weighted by atomic mass is 9.84. The Bertz CT molecular complexity index is 2630. The Labute approximate surface area is 321 Å². The van der Waals surface area contributed by atoms with Crippen LogP contribution in [0.5, 0.6) is 0 Å². The van der Waals surface area contributed by atoms with Crippen LogP contribution in [0.2, 0.25) is 0 Å². The number of hydrogen-bond acceptors (Lipinski definition) is 4. The summed E-state index contributed by atoms with van der Waals surface area (Å²) in [6.07, 6.45) is 2.22. The van der Waals surface area contributed by atoms with Gasteiger partial charge in [-0.05, 0) is 40.0 Å². The lowest BCUT2D eigenvalue weighted by Gasteiger charge is -2.28. The van der Waals surface area contributed by atoms with Crippen molar-refractivity contribution in [2.45, 2.75) is 0 Å². The van der Waals surface area contributed by atoms with Crippen molar-refractivity contribution in [1.29, 1.82) is 5.41 Å². The Morgan fingerprint density at radius 2 is 0.927 bits per heavy atom. The van der Waals surface area contributed by atoms with Gasteiger partial charge in [0.2, 0.25) is 0 Å². The van der Waals surface area contributed by atoms with Crippen molar-refractivity contribution in [1.82, 2.24) is 15.3 Å². The van der Waals surface area contributed by atoms with Gasteiger partial charge in [0, 0.05) is 39.1 Å². The minimum atomic E-state index is 0.451. The minimum absolute atomic E-state index is 0.451. The first kappa shape index (κ1) is 33.4. The second kappa shape index (κ2) is 14.9. The highest BCUT2D eigenvalue weighted by Gasteiger charge is 2.26. The summed E-state index contributed by atoms with van der Waals surface area (Å²) in [4.78, 5) is 10.0. The maximum absolute atomic E-state index is 9.70. The van der Waals surface area contributed by atoms with Gasteiger partial charge in [-0.3, -0.25) is 5.41 Å². The van der Waals surface area contributed by atoms with Gasteiger partial charge in [-0.25, -0.2) is 9.97 Å². The second-order valence-electron chi connectivity index (χ2n) is 13.4. The third-order valence-electron chi connectivity index (χ3n) is 9.94. The average Bonchev–Trinajstić information content (AvgIpc) is 3.27. The SMILES string of the molecule is N=C(/C(=C1\NC(c2ccccc2)=Cc2cccc(-c3ccc(-c4cc(-c5ccccc5)nc(-c5ccccc5)n4)cc3)c21)c1ccccc1)c1ccccc1. The van der Waals surface area contributed by atoms with Gasteiger partial charge in [0.25, 0.3) is 0 Å². The van der Waals surface area contributed by atoms with Gasteiger partial charge in [0.15, 0.2) is 5.82 Å². The van der Waals surface area contributed by atoms with Gasteiger partial charge in [-0.2, -0.15) is 0 Å². The largest absolute Gasteiger partial charge is 0.354 e. The summed E-state index contributed by atoms with van der Waals surface area (Å²) in [7, 11) is 0. The standard InChI is InChI=1S/C51H36N4/c52-49(40-23-12-4-13-24-40)48(39-21-10-3-11-22-39)50-47-42(33-44(53-50)36-17-6-1-7-18-36)27-16-28-43(47)35-29-31-38(32-30-35)46-34-45(37-19-8-2-9-20-37)54-51(55-46)41-25-14-5-15-26-41/h1-34,52-53H/b50-48-,52-49?. The molecule has 0 atom stereocenters. The highest BCUT2D eigenvalue weighted by molar-refractivity contribution is 6.36. The van der Waals surface area contributed by atoms with Crippen LogP contribution >= 0.6 is 0 Å². The van der Waals surface area contributed by atoms with Gasteiger partial charge in [-0.1, -0.05) is 194 Å². The van der Waals surface area contributed by atoms with Crippen molar-refractivity contribution in [3.8, 4) is 45.0 Å². The van der Waals surface area contributed by atoms with Gasteiger partial charge >= 0.3 is 0 Å². The lowest BCUT2D eigenvalue weighted by molar-refractivity contribution is 1.18. The first-order valence-corrected chi connectivity index (χ1v) is 18.4. The van der Waals surface area contributed by atoms with Crippen LogP contribution in [0.25, 0.3) is 68.1 Å². The molecule has 7 aromatic carbocycles. The van der Waals surface area contributed by atoms with E-state index in [-0.39, 0.29) is 0 Å². The smallest absolute Gasteiger partial charge is 0.160 e. The first-order chi connectivity index (χ1) is 27.2. The van der Waals surface area contributed by atoms with Gasteiger partial charge in [-0.15, -0.1) is 0 Å². The fourth-order valence-corrected chi connectivity index (χ4v) is 7.22. The van der Waals surface area contributed by atoms with Crippen LogP contribution in [0.4, 0.5) is 0 Å². The summed E-state index contributed by atoms with van der Waals surface area (Å²) >= 11 is 0. The summed E-state index contributed by atoms with van der Waals surface area (Å²) in [6, 6.07) is 68.2. The van der Waals surface area contributed by atoms with Crippen LogP contribution < -0.4 is 5.32 Å². The van der Waals surface area contributed by atoms with Crippen molar-refractivity contribution in [2.24, 2.45) is 0 Å². The molecule has 2 N–H and O–H groups in total. The number of nitrogens with zero attached hydrogens (tertiary/aromatic N) is 2. The van der Waals surface area contributed by atoms with Gasteiger partial charge < -0.3 is 5.32 Å². The molecule has 0 bridgehead atoms. The third kappa shape index (κ3) is 6.81. The molecule has 0 spiro atoms. The Balaban J connectivity index is 1.21. The van der Waals surface area contributed by atoms with Crippen LogP contribution in [-0.2, 0) is 0 Å². The zero-order valence-corrected chi connectivity index (χ0v) is 30.0. The van der Waals surface area contributed by atoms with E-state index < -0.39 is 0 Å². The number of nitrogens with one attached hydrogen (secondary N) is 2. The van der Waals surface area contributed by atoms with Crippen LogP contribution in [-0.4, -0.2) is 15.7 Å². The quantitative estimate of drug-likeness (QED) is 0.155. The number of benzene rings is 7. The van der Waals surface area contributed by atoms with Crippen LogP contribution in [0.15, 0.2) is 200 Å². The van der Waals surface area contributed by atoms with Crippen LogP contribution in [0, 0.1) is 5.41 Å². The molecule has 4 nitrogen and oxygen atoms in total. The molecule has 0 fully saturated rings. The molecule has 9 rings (SSSR count). The van der Waals surface area contributed by atoms with Crippen molar-refractivity contribution in [2.75, 3.05) is 0 Å². The molecule has 0 saturated heterocycles. The van der Waals surface area contributed by atoms with E-state index in [1.165, 1.54) is 0 Å². The van der Waals surface area contributed by atoms with E-state index in [0.29, 0.717) is 11.5 Å². The lowest BCUT2D eigenvalue weighted by Crippen LogP contribution is -2.21. The summed E-state index contributed by atoms with van der Waals surface area (Å²) in [5.74, 6) is 0.689. The predicted molar refractivity (Wildman–Crippen MR) is 228 cm³/mol. The first-order valence-electron chi connectivity index (χ1n) is 18.4. The maximum Gasteiger partial charge on any atom is 0.160 e. The zero-order valence-electron chi connectivity index (χ0n) is 30.0. The highest BCUT2D eigenvalue weighted by atomic mass is 14.9. The number of aromatic nitrogens is 2. The molecule has 0 amide bonds. The minimum Gasteiger partial charge on any atom is -0.354 e.